The predicted octanol–water partition coefficient (Wildman–Crippen LogP) is 1.09. The van der Waals surface area contributed by atoms with Crippen molar-refractivity contribution in [3.05, 3.63) is 0 Å². The Morgan fingerprint density at radius 1 is 0.607 bits per heavy atom. The fourth-order valence-corrected chi connectivity index (χ4v) is 6.77. The first-order valence-electron chi connectivity index (χ1n) is 20.3. The van der Waals surface area contributed by atoms with Gasteiger partial charge in [0.05, 0.1) is 6.10 Å². The number of aliphatic hydroxyl groups is 1. The molecular formula is C40H74N8O8. The molecule has 1 aliphatic heterocycles. The number of rotatable bonds is 12. The van der Waals surface area contributed by atoms with E-state index in [0.29, 0.717) is 25.8 Å². The summed E-state index contributed by atoms with van der Waals surface area (Å²) in [5, 5.41) is 19.6. The zero-order valence-electron chi connectivity index (χ0n) is 36.5. The van der Waals surface area contributed by atoms with Crippen LogP contribution >= 0.6 is 0 Å². The number of nitrogens with two attached hydrogens (primary N) is 1. The van der Waals surface area contributed by atoms with Gasteiger partial charge < -0.3 is 46.4 Å². The Kier molecular flexibility index (Phi) is 20.5. The maximum atomic E-state index is 14.2. The van der Waals surface area contributed by atoms with Crippen LogP contribution in [0.2, 0.25) is 0 Å². The second kappa shape index (κ2) is 22.8. The molecule has 6 N–H and O–H groups in total. The van der Waals surface area contributed by atoms with Crippen LogP contribution in [0.5, 0.6) is 0 Å². The molecule has 0 unspecified atom stereocenters. The van der Waals surface area contributed by atoms with Crippen LogP contribution in [0.15, 0.2) is 0 Å². The molecule has 56 heavy (non-hydrogen) atoms. The van der Waals surface area contributed by atoms with Crippen LogP contribution in [-0.4, -0.2) is 149 Å². The van der Waals surface area contributed by atoms with Gasteiger partial charge in [0, 0.05) is 28.2 Å². The molecule has 16 heteroatoms. The van der Waals surface area contributed by atoms with E-state index in [9.17, 15) is 38.7 Å². The molecule has 7 amide bonds. The summed E-state index contributed by atoms with van der Waals surface area (Å²) in [6.45, 7) is 18.0. The van der Waals surface area contributed by atoms with Crippen molar-refractivity contribution in [2.75, 3.05) is 34.7 Å². The van der Waals surface area contributed by atoms with E-state index in [2.05, 4.69) is 16.0 Å². The van der Waals surface area contributed by atoms with Crippen LogP contribution in [0, 0.1) is 23.7 Å². The van der Waals surface area contributed by atoms with Gasteiger partial charge in [-0.1, -0.05) is 61.8 Å². The lowest BCUT2D eigenvalue weighted by Gasteiger charge is -2.37. The zero-order chi connectivity index (χ0) is 43.4. The molecule has 9 atom stereocenters. The number of amides is 7. The Hall–Kier alpha value is -3.79. The van der Waals surface area contributed by atoms with E-state index in [1.54, 1.807) is 20.8 Å². The lowest BCUT2D eigenvalue weighted by Crippen LogP contribution is -2.63. The Morgan fingerprint density at radius 3 is 1.54 bits per heavy atom. The number of unbranched alkanes of at least 4 members (excludes halogenated alkanes) is 1. The number of likely N-dealkylation sites (N-methyl/N-ethyl adjacent to an activating group) is 4. The monoisotopic (exact) mass is 795 g/mol. The van der Waals surface area contributed by atoms with E-state index in [1.165, 1.54) is 61.6 Å². The number of hydrogen-bond donors (Lipinski definition) is 5. The topological polar surface area (TPSA) is 215 Å². The zero-order valence-corrected chi connectivity index (χ0v) is 36.5. The van der Waals surface area contributed by atoms with E-state index in [1.807, 2.05) is 34.6 Å². The lowest BCUT2D eigenvalue weighted by molar-refractivity contribution is -0.150. The Morgan fingerprint density at radius 2 is 1.07 bits per heavy atom. The van der Waals surface area contributed by atoms with Gasteiger partial charge >= 0.3 is 0 Å². The molecule has 0 aromatic carbocycles. The quantitative estimate of drug-likeness (QED) is 0.179. The highest BCUT2D eigenvalue weighted by molar-refractivity contribution is 5.98. The molecule has 0 aromatic heterocycles. The van der Waals surface area contributed by atoms with Gasteiger partial charge in [0.1, 0.15) is 42.3 Å². The van der Waals surface area contributed by atoms with Crippen molar-refractivity contribution in [2.24, 2.45) is 29.4 Å². The number of nitrogens with zero attached hydrogens (tertiary/aromatic N) is 4. The van der Waals surface area contributed by atoms with Gasteiger partial charge in [-0.05, 0) is 76.2 Å². The first-order chi connectivity index (χ1) is 25.9. The summed E-state index contributed by atoms with van der Waals surface area (Å²) in [6, 6.07) is -7.98. The van der Waals surface area contributed by atoms with Gasteiger partial charge in [0.2, 0.25) is 41.4 Å². The van der Waals surface area contributed by atoms with Gasteiger partial charge in [-0.15, -0.1) is 0 Å². The SMILES string of the molecule is CC[C@H](C)[C@H]1NC(=O)[C@@H]([C@H](O)C(C)C)NC(=O)[C@@H](CCCCN)N(C)C(=O)[C@H](C)N(C)C(=O)[C@H](CC(C)C)NC(=O)[C@H](CC(C)C)N(C)C(=O)[C@H](C)N(C)C1=O. The summed E-state index contributed by atoms with van der Waals surface area (Å²) >= 11 is 0. The molecule has 0 aromatic rings. The van der Waals surface area contributed by atoms with Crippen LogP contribution in [0.1, 0.15) is 108 Å². The Balaban J connectivity index is 4.04. The van der Waals surface area contributed by atoms with E-state index in [0.717, 1.165) is 0 Å². The second-order valence-corrected chi connectivity index (χ2v) is 16.9. The van der Waals surface area contributed by atoms with Gasteiger partial charge in [0.25, 0.3) is 0 Å². The number of hydrogen-bond acceptors (Lipinski definition) is 9. The maximum Gasteiger partial charge on any atom is 0.245 e. The third-order valence-electron chi connectivity index (χ3n) is 11.1. The van der Waals surface area contributed by atoms with Gasteiger partial charge in [-0.2, -0.15) is 0 Å². The highest BCUT2D eigenvalue weighted by Crippen LogP contribution is 2.20. The summed E-state index contributed by atoms with van der Waals surface area (Å²) in [5.74, 6) is -5.29. The van der Waals surface area contributed by atoms with Crippen LogP contribution in [0.4, 0.5) is 0 Å². The van der Waals surface area contributed by atoms with Crippen LogP contribution in [0.25, 0.3) is 0 Å². The number of carbonyl (C=O) groups is 7. The van der Waals surface area contributed by atoms with E-state index >= 15 is 0 Å². The van der Waals surface area contributed by atoms with Crippen LogP contribution in [0.3, 0.4) is 0 Å². The van der Waals surface area contributed by atoms with Crippen molar-refractivity contribution in [1.82, 2.24) is 35.6 Å². The molecule has 0 saturated carbocycles. The normalized spacial score (nSPS) is 27.4. The molecule has 1 heterocycles. The highest BCUT2D eigenvalue weighted by Gasteiger charge is 2.42. The fourth-order valence-electron chi connectivity index (χ4n) is 6.77. The molecule has 0 spiro atoms. The average molecular weight is 795 g/mol. The smallest absolute Gasteiger partial charge is 0.245 e. The minimum Gasteiger partial charge on any atom is -0.390 e. The van der Waals surface area contributed by atoms with Crippen molar-refractivity contribution >= 4 is 41.4 Å². The largest absolute Gasteiger partial charge is 0.390 e. The molecule has 1 aliphatic rings. The third-order valence-corrected chi connectivity index (χ3v) is 11.1. The Bertz CT molecular complexity index is 1360. The maximum absolute atomic E-state index is 14.2. The van der Waals surface area contributed by atoms with Crippen LogP contribution in [-0.2, 0) is 33.6 Å². The van der Waals surface area contributed by atoms with Gasteiger partial charge in [0.15, 0.2) is 0 Å². The first-order valence-corrected chi connectivity index (χ1v) is 20.3. The molecule has 16 nitrogen and oxygen atoms in total. The molecule has 0 aliphatic carbocycles. The molecular weight excluding hydrogens is 720 g/mol. The number of aliphatic hydroxyl groups excluding tert-OH is 1. The molecule has 0 bridgehead atoms. The Labute approximate surface area is 335 Å². The fraction of sp³-hybridized carbons (Fsp3) is 0.825. The number of nitrogens with one attached hydrogen (secondary N) is 3. The van der Waals surface area contributed by atoms with Crippen molar-refractivity contribution in [2.45, 2.75) is 156 Å². The minimum atomic E-state index is -1.51. The van der Waals surface area contributed by atoms with E-state index < -0.39 is 102 Å². The summed E-state index contributed by atoms with van der Waals surface area (Å²) < 4.78 is 0. The average Bonchev–Trinajstić information content (AvgIpc) is 3.14. The molecule has 1 rings (SSSR count). The van der Waals surface area contributed by atoms with E-state index in [-0.39, 0.29) is 31.1 Å². The first kappa shape index (κ1) is 50.2. The minimum absolute atomic E-state index is 0.0338. The molecule has 1 fully saturated rings. The summed E-state index contributed by atoms with van der Waals surface area (Å²) in [7, 11) is 5.83. The van der Waals surface area contributed by atoms with Crippen molar-refractivity contribution in [1.29, 1.82) is 0 Å². The summed E-state index contributed by atoms with van der Waals surface area (Å²) in [6.07, 6.45) is 0.766. The standard InChI is InChI=1S/C40H74N8O8/c1-15-25(8)31-40(56)46(12)27(10)38(54)48(14)30(21-23(4)5)35(51)42-28(20-22(2)3)39(55)45(11)26(9)37(53)47(13)29(18-16-17-19-41)34(50)44-32(36(52)43-31)33(49)24(6)7/h22-33,49H,15-21,41H2,1-14H3,(H,42,51)(H,43,52)(H,44,50)/t25-,26-,27-,28-,29+,30-,31+,32+,33+/m0/s1. The third kappa shape index (κ3) is 13.4. The number of carbonyl (C=O) groups excluding carboxylic acids is 7. The van der Waals surface area contributed by atoms with Crippen LogP contribution < -0.4 is 21.7 Å². The molecule has 0 radical (unpaired) electrons. The second-order valence-electron chi connectivity index (χ2n) is 16.9. The molecule has 1 saturated heterocycles. The highest BCUT2D eigenvalue weighted by atomic mass is 16.3. The summed E-state index contributed by atoms with van der Waals surface area (Å²) in [5.41, 5.74) is 5.75. The van der Waals surface area contributed by atoms with Crippen molar-refractivity contribution in [3.63, 3.8) is 0 Å². The van der Waals surface area contributed by atoms with E-state index in [4.69, 9.17) is 5.73 Å². The van der Waals surface area contributed by atoms with Crippen molar-refractivity contribution < 1.29 is 38.7 Å². The predicted molar refractivity (Wildman–Crippen MR) is 215 cm³/mol. The molecule has 322 valence electrons. The van der Waals surface area contributed by atoms with Gasteiger partial charge in [-0.3, -0.25) is 33.6 Å². The van der Waals surface area contributed by atoms with Gasteiger partial charge in [-0.25, -0.2) is 0 Å². The summed E-state index contributed by atoms with van der Waals surface area (Å²) in [4.78, 5) is 104. The lowest BCUT2D eigenvalue weighted by atomic mass is 9.94. The van der Waals surface area contributed by atoms with Crippen molar-refractivity contribution in [3.8, 4) is 0 Å².